The number of halogens is 1. The molecule has 0 radical (unpaired) electrons. The van der Waals surface area contributed by atoms with Crippen LogP contribution in [-0.2, 0) is 4.74 Å². The number of nitro groups is 1. The first-order valence-electron chi connectivity index (χ1n) is 5.97. The number of carbonyl (C=O) groups excluding carboxylic acids is 1. The quantitative estimate of drug-likeness (QED) is 0.352. The number of hydrogen-bond donors (Lipinski definition) is 0. The molecule has 0 aliphatic rings. The van der Waals surface area contributed by atoms with Gasteiger partial charge in [0, 0.05) is 7.05 Å². The zero-order valence-corrected chi connectivity index (χ0v) is 13.1. The molecule has 116 valence electrons. The molecule has 0 bridgehead atoms. The van der Waals surface area contributed by atoms with Crippen molar-refractivity contribution >= 4 is 45.4 Å². The highest BCUT2D eigenvalue weighted by molar-refractivity contribution is 7.14. The first-order chi connectivity index (χ1) is 10.5. The van der Waals surface area contributed by atoms with E-state index >= 15 is 0 Å². The fraction of sp³-hybridized carbons (Fsp3) is 0.273. The third-order valence-electron chi connectivity index (χ3n) is 2.56. The lowest BCUT2D eigenvalue weighted by Crippen LogP contribution is -2.17. The van der Waals surface area contributed by atoms with E-state index < -0.39 is 10.9 Å². The highest BCUT2D eigenvalue weighted by atomic mass is 35.5. The summed E-state index contributed by atoms with van der Waals surface area (Å²) in [5.74, 6) is -0.659. The fourth-order valence-electron chi connectivity index (χ4n) is 1.63. The molecule has 0 aliphatic heterocycles. The molecular formula is C11H10ClN5O4S. The fourth-order valence-corrected chi connectivity index (χ4v) is 2.51. The summed E-state index contributed by atoms with van der Waals surface area (Å²) in [6.45, 7) is 1.86. The molecule has 0 saturated carbocycles. The molecule has 9 nitrogen and oxygen atoms in total. The molecule has 2 heterocycles. The van der Waals surface area contributed by atoms with Gasteiger partial charge >= 0.3 is 11.7 Å². The van der Waals surface area contributed by atoms with Crippen LogP contribution in [0.15, 0.2) is 11.7 Å². The van der Waals surface area contributed by atoms with Crippen LogP contribution in [-0.4, -0.2) is 39.5 Å². The number of thiazole rings is 1. The van der Waals surface area contributed by atoms with E-state index in [1.54, 1.807) is 6.92 Å². The summed E-state index contributed by atoms with van der Waals surface area (Å²) in [4.78, 5) is 35.0. The second-order valence-corrected chi connectivity index (χ2v) is 5.06. The zero-order valence-electron chi connectivity index (χ0n) is 11.5. The van der Waals surface area contributed by atoms with Crippen molar-refractivity contribution in [3.8, 4) is 0 Å². The number of esters is 1. The molecule has 0 atom stereocenters. The van der Waals surface area contributed by atoms with Gasteiger partial charge in [0.1, 0.15) is 11.2 Å². The summed E-state index contributed by atoms with van der Waals surface area (Å²) >= 11 is 6.82. The van der Waals surface area contributed by atoms with Gasteiger partial charge in [0.05, 0.1) is 17.0 Å². The average molecular weight is 344 g/mol. The first kappa shape index (κ1) is 16.0. The topological polar surface area (TPSA) is 111 Å². The van der Waals surface area contributed by atoms with Gasteiger partial charge in [-0.05, 0) is 18.5 Å². The van der Waals surface area contributed by atoms with Crippen LogP contribution in [0.4, 0.5) is 16.5 Å². The Balaban J connectivity index is 2.47. The second-order valence-electron chi connectivity index (χ2n) is 3.89. The SMILES string of the molecule is CCOC(=O)c1ncsc1N(C)c1nc(Cl)ncc1[N+](=O)[O-]. The number of nitrogens with zero attached hydrogens (tertiary/aromatic N) is 5. The number of hydrogen-bond acceptors (Lipinski definition) is 9. The minimum absolute atomic E-state index is 0.0419. The smallest absolute Gasteiger partial charge is 0.360 e. The third-order valence-corrected chi connectivity index (χ3v) is 3.64. The Bertz CT molecular complexity index is 722. The third kappa shape index (κ3) is 3.12. The number of carbonyl (C=O) groups is 1. The lowest BCUT2D eigenvalue weighted by molar-refractivity contribution is -0.384. The van der Waals surface area contributed by atoms with Gasteiger partial charge in [-0.2, -0.15) is 4.98 Å². The standard InChI is InChI=1S/C11H10ClN5O4S/c1-3-21-10(18)7-9(22-5-14-7)16(2)8-6(17(19)20)4-13-11(12)15-8/h4-5H,3H2,1-2H3. The minimum Gasteiger partial charge on any atom is -0.461 e. The second kappa shape index (κ2) is 6.62. The van der Waals surface area contributed by atoms with Crippen LogP contribution < -0.4 is 4.90 Å². The molecule has 2 rings (SSSR count). The normalized spacial score (nSPS) is 10.3. The van der Waals surface area contributed by atoms with Crippen molar-refractivity contribution < 1.29 is 14.5 Å². The summed E-state index contributed by atoms with van der Waals surface area (Å²) in [6.07, 6.45) is 1.01. The van der Waals surface area contributed by atoms with Gasteiger partial charge in [-0.3, -0.25) is 10.1 Å². The van der Waals surface area contributed by atoms with Crippen molar-refractivity contribution in [3.63, 3.8) is 0 Å². The Morgan fingerprint density at radius 3 is 2.91 bits per heavy atom. The van der Waals surface area contributed by atoms with Crippen LogP contribution in [0.1, 0.15) is 17.4 Å². The zero-order chi connectivity index (χ0) is 16.3. The van der Waals surface area contributed by atoms with E-state index in [-0.39, 0.29) is 29.1 Å². The van der Waals surface area contributed by atoms with Crippen LogP contribution in [0.25, 0.3) is 0 Å². The summed E-state index contributed by atoms with van der Waals surface area (Å²) in [5, 5.41) is 11.3. The van der Waals surface area contributed by atoms with Crippen molar-refractivity contribution in [1.82, 2.24) is 15.0 Å². The lowest BCUT2D eigenvalue weighted by Gasteiger charge is -2.16. The van der Waals surface area contributed by atoms with Gasteiger partial charge in [-0.25, -0.2) is 14.8 Å². The monoisotopic (exact) mass is 343 g/mol. The number of aromatic nitrogens is 3. The summed E-state index contributed by atoms with van der Waals surface area (Å²) in [6, 6.07) is 0. The van der Waals surface area contributed by atoms with Gasteiger partial charge in [-0.15, -0.1) is 11.3 Å². The molecule has 0 aliphatic carbocycles. The van der Waals surface area contributed by atoms with Crippen molar-refractivity contribution in [2.75, 3.05) is 18.6 Å². The summed E-state index contributed by atoms with van der Waals surface area (Å²) in [7, 11) is 1.52. The van der Waals surface area contributed by atoms with Gasteiger partial charge in [-0.1, -0.05) is 0 Å². The van der Waals surface area contributed by atoms with E-state index in [9.17, 15) is 14.9 Å². The predicted octanol–water partition coefficient (Wildman–Crippen LogP) is 2.44. The van der Waals surface area contributed by atoms with Crippen LogP contribution in [0.3, 0.4) is 0 Å². The molecule has 0 amide bonds. The largest absolute Gasteiger partial charge is 0.461 e. The first-order valence-corrected chi connectivity index (χ1v) is 7.22. The molecule has 0 spiro atoms. The van der Waals surface area contributed by atoms with Crippen molar-refractivity contribution in [3.05, 3.63) is 32.8 Å². The van der Waals surface area contributed by atoms with Gasteiger partial charge in [0.2, 0.25) is 11.1 Å². The Hall–Kier alpha value is -2.33. The van der Waals surface area contributed by atoms with E-state index in [2.05, 4.69) is 15.0 Å². The minimum atomic E-state index is -0.632. The Kier molecular flexibility index (Phi) is 4.83. The molecule has 2 aromatic heterocycles. The number of anilines is 2. The maximum absolute atomic E-state index is 11.9. The molecule has 0 fully saturated rings. The van der Waals surface area contributed by atoms with Crippen molar-refractivity contribution in [2.24, 2.45) is 0 Å². The molecule has 0 N–H and O–H groups in total. The molecule has 2 aromatic rings. The van der Waals surface area contributed by atoms with E-state index in [1.165, 1.54) is 17.5 Å². The lowest BCUT2D eigenvalue weighted by atomic mass is 10.4. The molecule has 22 heavy (non-hydrogen) atoms. The maximum Gasteiger partial charge on any atom is 0.360 e. The number of rotatable bonds is 5. The van der Waals surface area contributed by atoms with Crippen molar-refractivity contribution in [2.45, 2.75) is 6.92 Å². The van der Waals surface area contributed by atoms with E-state index in [0.29, 0.717) is 5.00 Å². The molecule has 11 heteroatoms. The molecular weight excluding hydrogens is 334 g/mol. The summed E-state index contributed by atoms with van der Waals surface area (Å²) < 4.78 is 4.90. The van der Waals surface area contributed by atoms with Crippen LogP contribution in [0.2, 0.25) is 5.28 Å². The van der Waals surface area contributed by atoms with Crippen LogP contribution in [0, 0.1) is 10.1 Å². The van der Waals surface area contributed by atoms with E-state index in [0.717, 1.165) is 17.5 Å². The van der Waals surface area contributed by atoms with Gasteiger partial charge in [0.15, 0.2) is 5.69 Å². The highest BCUT2D eigenvalue weighted by Crippen LogP contribution is 2.35. The Morgan fingerprint density at radius 2 is 2.27 bits per heavy atom. The Morgan fingerprint density at radius 1 is 1.55 bits per heavy atom. The molecule has 0 unspecified atom stereocenters. The average Bonchev–Trinajstić information content (AvgIpc) is 2.95. The molecule has 0 aromatic carbocycles. The maximum atomic E-state index is 11.9. The van der Waals surface area contributed by atoms with Gasteiger partial charge in [0.25, 0.3) is 0 Å². The van der Waals surface area contributed by atoms with Crippen LogP contribution in [0.5, 0.6) is 0 Å². The van der Waals surface area contributed by atoms with Crippen molar-refractivity contribution in [1.29, 1.82) is 0 Å². The van der Waals surface area contributed by atoms with E-state index in [1.807, 2.05) is 0 Å². The van der Waals surface area contributed by atoms with Crippen LogP contribution >= 0.6 is 22.9 Å². The summed E-state index contributed by atoms with van der Waals surface area (Å²) in [5.41, 5.74) is 1.15. The highest BCUT2D eigenvalue weighted by Gasteiger charge is 2.26. The molecule has 0 saturated heterocycles. The number of ether oxygens (including phenoxy) is 1. The Labute approximate surface area is 133 Å². The van der Waals surface area contributed by atoms with E-state index in [4.69, 9.17) is 16.3 Å². The van der Waals surface area contributed by atoms with Gasteiger partial charge < -0.3 is 9.64 Å². The predicted molar refractivity (Wildman–Crippen MR) is 79.8 cm³/mol.